The smallest absolute Gasteiger partial charge is 0.294 e. The third-order valence-corrected chi connectivity index (χ3v) is 4.39. The molecule has 1 aromatic carbocycles. The lowest BCUT2D eigenvalue weighted by Gasteiger charge is -2.28. The molecule has 0 radical (unpaired) electrons. The summed E-state index contributed by atoms with van der Waals surface area (Å²) in [5.74, 6) is -1.05. The van der Waals surface area contributed by atoms with Crippen LogP contribution in [0.25, 0.3) is 0 Å². The summed E-state index contributed by atoms with van der Waals surface area (Å²) >= 11 is 3.51. The van der Waals surface area contributed by atoms with Gasteiger partial charge in [-0.1, -0.05) is 34.1 Å². The highest BCUT2D eigenvalue weighted by Gasteiger charge is 2.35. The minimum absolute atomic E-state index is 0.505. The second-order valence-electron chi connectivity index (χ2n) is 5.22. The largest absolute Gasteiger partial charge is 0.451 e. The molecule has 7 heteroatoms. The van der Waals surface area contributed by atoms with E-state index in [2.05, 4.69) is 30.8 Å². The first-order valence-electron chi connectivity index (χ1n) is 6.81. The van der Waals surface area contributed by atoms with Crippen molar-refractivity contribution in [3.63, 3.8) is 0 Å². The van der Waals surface area contributed by atoms with Crippen molar-refractivity contribution >= 4 is 15.9 Å². The zero-order valence-corrected chi connectivity index (χ0v) is 13.2. The maximum atomic E-state index is 12.6. The number of hydrogen-bond donors (Lipinski definition) is 0. The highest BCUT2D eigenvalue weighted by molar-refractivity contribution is 9.10. The van der Waals surface area contributed by atoms with Crippen molar-refractivity contribution in [2.24, 2.45) is 0 Å². The van der Waals surface area contributed by atoms with Crippen molar-refractivity contribution in [2.45, 2.75) is 25.7 Å². The summed E-state index contributed by atoms with van der Waals surface area (Å²) in [7, 11) is 0. The summed E-state index contributed by atoms with van der Waals surface area (Å²) in [5, 5.41) is 0. The predicted octanol–water partition coefficient (Wildman–Crippen LogP) is 3.82. The van der Waals surface area contributed by atoms with E-state index < -0.39 is 12.0 Å². The minimum atomic E-state index is -4.49. The Kier molecular flexibility index (Phi) is 4.18. The van der Waals surface area contributed by atoms with Crippen molar-refractivity contribution in [2.75, 3.05) is 6.54 Å². The van der Waals surface area contributed by atoms with Gasteiger partial charge in [0.25, 0.3) is 0 Å². The van der Waals surface area contributed by atoms with E-state index in [1.54, 1.807) is 0 Å². The number of alkyl halides is 3. The number of hydrogen-bond acceptors (Lipinski definition) is 3. The van der Waals surface area contributed by atoms with Gasteiger partial charge in [-0.05, 0) is 11.6 Å². The van der Waals surface area contributed by atoms with Gasteiger partial charge in [0.2, 0.25) is 5.82 Å². The molecule has 3 nitrogen and oxygen atoms in total. The molecule has 0 saturated heterocycles. The molecule has 0 bridgehead atoms. The molecular formula is C15H13BrF3N3. The van der Waals surface area contributed by atoms with Gasteiger partial charge in [0.15, 0.2) is 0 Å². The Balaban J connectivity index is 1.76. The summed E-state index contributed by atoms with van der Waals surface area (Å²) in [6, 6.07) is 7.93. The second-order valence-corrected chi connectivity index (χ2v) is 6.07. The van der Waals surface area contributed by atoms with E-state index in [-0.39, 0.29) is 0 Å². The van der Waals surface area contributed by atoms with Crippen LogP contribution in [-0.2, 0) is 25.7 Å². The van der Waals surface area contributed by atoms with Gasteiger partial charge >= 0.3 is 6.18 Å². The molecule has 0 saturated carbocycles. The lowest BCUT2D eigenvalue weighted by Crippen LogP contribution is -2.31. The molecule has 2 aromatic rings. The Hall–Kier alpha value is -1.47. The number of aromatic nitrogens is 2. The summed E-state index contributed by atoms with van der Waals surface area (Å²) in [6.07, 6.45) is -2.68. The molecule has 2 heterocycles. The first-order chi connectivity index (χ1) is 10.4. The molecule has 0 spiro atoms. The fraction of sp³-hybridized carbons (Fsp3) is 0.333. The molecule has 22 heavy (non-hydrogen) atoms. The molecule has 1 aliphatic rings. The van der Waals surface area contributed by atoms with Crippen molar-refractivity contribution in [1.29, 1.82) is 0 Å². The monoisotopic (exact) mass is 371 g/mol. The van der Waals surface area contributed by atoms with Crippen LogP contribution >= 0.6 is 15.9 Å². The van der Waals surface area contributed by atoms with Gasteiger partial charge in [-0.15, -0.1) is 0 Å². The normalized spacial score (nSPS) is 15.6. The highest BCUT2D eigenvalue weighted by Crippen LogP contribution is 2.28. The van der Waals surface area contributed by atoms with Crippen molar-refractivity contribution in [1.82, 2.24) is 14.9 Å². The first kappa shape index (κ1) is 15.4. The third-order valence-electron chi connectivity index (χ3n) is 3.62. The second kappa shape index (κ2) is 5.96. The van der Waals surface area contributed by atoms with E-state index in [0.29, 0.717) is 25.2 Å². The SMILES string of the molecule is FC(F)(F)c1ncc2c(n1)CCN(Cc1ccccc1Br)C2. The molecule has 0 unspecified atom stereocenters. The zero-order valence-electron chi connectivity index (χ0n) is 11.6. The van der Waals surface area contributed by atoms with E-state index >= 15 is 0 Å². The molecule has 0 fully saturated rings. The number of halogens is 4. The summed E-state index contributed by atoms with van der Waals surface area (Å²) < 4.78 is 38.9. The Bertz CT molecular complexity index is 688. The first-order valence-corrected chi connectivity index (χ1v) is 7.60. The van der Waals surface area contributed by atoms with Gasteiger partial charge in [0, 0.05) is 42.3 Å². The summed E-state index contributed by atoms with van der Waals surface area (Å²) in [6.45, 7) is 1.99. The van der Waals surface area contributed by atoms with Crippen LogP contribution < -0.4 is 0 Å². The van der Waals surface area contributed by atoms with Gasteiger partial charge < -0.3 is 0 Å². The Morgan fingerprint density at radius 2 is 2.00 bits per heavy atom. The molecule has 0 amide bonds. The van der Waals surface area contributed by atoms with Gasteiger partial charge in [0.1, 0.15) is 0 Å². The van der Waals surface area contributed by atoms with Crippen LogP contribution in [0, 0.1) is 0 Å². The molecular weight excluding hydrogens is 359 g/mol. The molecule has 116 valence electrons. The number of rotatable bonds is 2. The van der Waals surface area contributed by atoms with Gasteiger partial charge in [-0.25, -0.2) is 9.97 Å². The van der Waals surface area contributed by atoms with Crippen LogP contribution in [0.5, 0.6) is 0 Å². The fourth-order valence-corrected chi connectivity index (χ4v) is 2.92. The van der Waals surface area contributed by atoms with E-state index in [1.165, 1.54) is 6.20 Å². The summed E-state index contributed by atoms with van der Waals surface area (Å²) in [5.41, 5.74) is 2.43. The third kappa shape index (κ3) is 3.30. The molecule has 3 rings (SSSR count). The van der Waals surface area contributed by atoms with E-state index in [0.717, 1.165) is 22.1 Å². The maximum absolute atomic E-state index is 12.6. The van der Waals surface area contributed by atoms with Crippen LogP contribution in [-0.4, -0.2) is 21.4 Å². The number of fused-ring (bicyclic) bond motifs is 1. The van der Waals surface area contributed by atoms with Crippen molar-refractivity contribution < 1.29 is 13.2 Å². The van der Waals surface area contributed by atoms with Crippen molar-refractivity contribution in [3.05, 3.63) is 57.6 Å². The topological polar surface area (TPSA) is 29.0 Å². The standard InChI is InChI=1S/C15H13BrF3N3/c16-12-4-2-1-3-10(12)8-22-6-5-13-11(9-22)7-20-14(21-13)15(17,18)19/h1-4,7H,5-6,8-9H2. The van der Waals surface area contributed by atoms with E-state index in [1.807, 2.05) is 24.3 Å². The van der Waals surface area contributed by atoms with Gasteiger partial charge in [-0.3, -0.25) is 4.90 Å². The fourth-order valence-electron chi connectivity index (χ4n) is 2.51. The Labute approximate surface area is 134 Å². The van der Waals surface area contributed by atoms with Crippen LogP contribution in [0.1, 0.15) is 22.6 Å². The molecule has 1 aliphatic heterocycles. The molecule has 0 N–H and O–H groups in total. The van der Waals surface area contributed by atoms with Crippen LogP contribution in [0.2, 0.25) is 0 Å². The van der Waals surface area contributed by atoms with Crippen molar-refractivity contribution in [3.8, 4) is 0 Å². The van der Waals surface area contributed by atoms with Gasteiger partial charge in [-0.2, -0.15) is 13.2 Å². The Morgan fingerprint density at radius 3 is 2.73 bits per heavy atom. The molecule has 1 aromatic heterocycles. The van der Waals surface area contributed by atoms with Gasteiger partial charge in [0.05, 0.1) is 5.69 Å². The van der Waals surface area contributed by atoms with Crippen LogP contribution in [0.15, 0.2) is 34.9 Å². The summed E-state index contributed by atoms with van der Waals surface area (Å²) in [4.78, 5) is 9.30. The number of nitrogens with zero attached hydrogens (tertiary/aromatic N) is 3. The molecule has 0 atom stereocenters. The lowest BCUT2D eigenvalue weighted by molar-refractivity contribution is -0.145. The van der Waals surface area contributed by atoms with E-state index in [4.69, 9.17) is 0 Å². The number of benzene rings is 1. The van der Waals surface area contributed by atoms with Crippen LogP contribution in [0.4, 0.5) is 13.2 Å². The highest BCUT2D eigenvalue weighted by atomic mass is 79.9. The molecule has 0 aliphatic carbocycles. The Morgan fingerprint density at radius 1 is 1.23 bits per heavy atom. The zero-order chi connectivity index (χ0) is 15.7. The van der Waals surface area contributed by atoms with Crippen LogP contribution in [0.3, 0.4) is 0 Å². The average Bonchev–Trinajstić information content (AvgIpc) is 2.48. The average molecular weight is 372 g/mol. The minimum Gasteiger partial charge on any atom is -0.294 e. The quantitative estimate of drug-likeness (QED) is 0.803. The van der Waals surface area contributed by atoms with E-state index in [9.17, 15) is 13.2 Å². The maximum Gasteiger partial charge on any atom is 0.451 e. The predicted molar refractivity (Wildman–Crippen MR) is 79.0 cm³/mol. The lowest BCUT2D eigenvalue weighted by atomic mass is 10.1.